The van der Waals surface area contributed by atoms with Crippen LogP contribution in [-0.2, 0) is 14.8 Å². The van der Waals surface area contributed by atoms with Gasteiger partial charge in [-0.3, -0.25) is 9.10 Å². The van der Waals surface area contributed by atoms with Gasteiger partial charge in [0.15, 0.2) is 0 Å². The fourth-order valence-corrected chi connectivity index (χ4v) is 4.72. The van der Waals surface area contributed by atoms with Crippen LogP contribution in [0.1, 0.15) is 24.0 Å². The van der Waals surface area contributed by atoms with Crippen molar-refractivity contribution in [1.82, 2.24) is 5.32 Å². The van der Waals surface area contributed by atoms with Crippen LogP contribution in [0.15, 0.2) is 47.4 Å². The quantitative estimate of drug-likeness (QED) is 0.417. The van der Waals surface area contributed by atoms with E-state index in [1.54, 1.807) is 6.07 Å². The van der Waals surface area contributed by atoms with Crippen LogP contribution in [0.5, 0.6) is 5.75 Å². The van der Waals surface area contributed by atoms with Crippen molar-refractivity contribution in [2.75, 3.05) is 36.5 Å². The lowest BCUT2D eigenvalue weighted by Gasteiger charge is -2.24. The summed E-state index contributed by atoms with van der Waals surface area (Å²) in [5.74, 6) is 0.692. The molecule has 0 aromatic heterocycles. The summed E-state index contributed by atoms with van der Waals surface area (Å²) >= 11 is 1.49. The maximum absolute atomic E-state index is 12.3. The molecule has 0 aliphatic heterocycles. The molecule has 0 heterocycles. The van der Waals surface area contributed by atoms with E-state index in [2.05, 4.69) is 11.4 Å². The molecular weight excluding hydrogens is 420 g/mol. The van der Waals surface area contributed by atoms with Crippen molar-refractivity contribution in [3.05, 3.63) is 53.6 Å². The molecule has 2 aromatic rings. The van der Waals surface area contributed by atoms with Gasteiger partial charge in [0.25, 0.3) is 0 Å². The van der Waals surface area contributed by atoms with E-state index in [1.807, 2.05) is 50.4 Å². The van der Waals surface area contributed by atoms with Crippen LogP contribution in [0.3, 0.4) is 0 Å². The first-order valence-corrected chi connectivity index (χ1v) is 12.9. The van der Waals surface area contributed by atoms with Crippen molar-refractivity contribution in [3.63, 3.8) is 0 Å². The predicted molar refractivity (Wildman–Crippen MR) is 124 cm³/mol. The SMILES string of the molecule is CSc1ccccc1N(CCCC(=O)NCCOc1ccc(C)cc1C)S(C)(=O)=O. The van der Waals surface area contributed by atoms with Crippen LogP contribution in [-0.4, -0.2) is 46.5 Å². The molecule has 0 atom stereocenters. The van der Waals surface area contributed by atoms with Gasteiger partial charge in [-0.1, -0.05) is 29.8 Å². The van der Waals surface area contributed by atoms with Gasteiger partial charge >= 0.3 is 0 Å². The largest absolute Gasteiger partial charge is 0.491 e. The number of ether oxygens (including phenoxy) is 1. The number of thioether (sulfide) groups is 1. The highest BCUT2D eigenvalue weighted by Crippen LogP contribution is 2.30. The Kier molecular flexibility index (Phi) is 9.05. The van der Waals surface area contributed by atoms with Crippen LogP contribution in [0.4, 0.5) is 5.69 Å². The van der Waals surface area contributed by atoms with Crippen LogP contribution in [0.25, 0.3) is 0 Å². The molecule has 0 aliphatic carbocycles. The lowest BCUT2D eigenvalue weighted by atomic mass is 10.1. The second-order valence-corrected chi connectivity index (χ2v) is 9.83. The number of sulfonamides is 1. The standard InChI is InChI=1S/C22H30N2O4S2/c1-17-11-12-20(18(2)16-17)28-15-13-23-22(25)10-7-14-24(30(4,26)27)19-8-5-6-9-21(19)29-3/h5-6,8-9,11-12,16H,7,10,13-15H2,1-4H3,(H,23,25). The van der Waals surface area contributed by atoms with E-state index in [4.69, 9.17) is 4.74 Å². The monoisotopic (exact) mass is 450 g/mol. The molecule has 2 rings (SSSR count). The fraction of sp³-hybridized carbons (Fsp3) is 0.409. The van der Waals surface area contributed by atoms with Crippen molar-refractivity contribution in [1.29, 1.82) is 0 Å². The molecule has 0 saturated heterocycles. The van der Waals surface area contributed by atoms with E-state index in [1.165, 1.54) is 27.9 Å². The van der Waals surface area contributed by atoms with Crippen molar-refractivity contribution < 1.29 is 17.9 Å². The third-order valence-electron chi connectivity index (χ3n) is 4.53. The number of anilines is 1. The van der Waals surface area contributed by atoms with Gasteiger partial charge in [0.1, 0.15) is 12.4 Å². The zero-order chi connectivity index (χ0) is 22.1. The number of carbonyl (C=O) groups is 1. The lowest BCUT2D eigenvalue weighted by molar-refractivity contribution is -0.121. The number of carbonyl (C=O) groups excluding carboxylic acids is 1. The molecule has 8 heteroatoms. The van der Waals surface area contributed by atoms with E-state index in [0.29, 0.717) is 25.3 Å². The summed E-state index contributed by atoms with van der Waals surface area (Å²) in [5, 5.41) is 2.82. The highest BCUT2D eigenvalue weighted by Gasteiger charge is 2.20. The summed E-state index contributed by atoms with van der Waals surface area (Å²) in [4.78, 5) is 13.0. The number of amides is 1. The average molecular weight is 451 g/mol. The summed E-state index contributed by atoms with van der Waals surface area (Å²) < 4.78 is 31.6. The Balaban J connectivity index is 1.80. The molecule has 6 nitrogen and oxygen atoms in total. The number of rotatable bonds is 11. The maximum Gasteiger partial charge on any atom is 0.232 e. The number of hydrogen-bond donors (Lipinski definition) is 1. The molecule has 2 aromatic carbocycles. The third kappa shape index (κ3) is 7.25. The predicted octanol–water partition coefficient (Wildman–Crippen LogP) is 3.77. The number of benzene rings is 2. The second kappa shape index (κ2) is 11.3. The first-order valence-electron chi connectivity index (χ1n) is 9.80. The Morgan fingerprint density at radius 1 is 1.17 bits per heavy atom. The van der Waals surface area contributed by atoms with Crippen LogP contribution < -0.4 is 14.4 Å². The zero-order valence-corrected chi connectivity index (χ0v) is 19.6. The molecule has 0 saturated carbocycles. The summed E-state index contributed by atoms with van der Waals surface area (Å²) in [6.07, 6.45) is 3.78. The van der Waals surface area contributed by atoms with Gasteiger partial charge < -0.3 is 10.1 Å². The van der Waals surface area contributed by atoms with Crippen LogP contribution in [0.2, 0.25) is 0 Å². The van der Waals surface area contributed by atoms with Crippen LogP contribution in [0, 0.1) is 13.8 Å². The van der Waals surface area contributed by atoms with Crippen LogP contribution >= 0.6 is 11.8 Å². The summed E-state index contributed by atoms with van der Waals surface area (Å²) in [6, 6.07) is 13.3. The number of hydrogen-bond acceptors (Lipinski definition) is 5. The fourth-order valence-electron chi connectivity index (χ4n) is 3.09. The smallest absolute Gasteiger partial charge is 0.232 e. The molecule has 0 bridgehead atoms. The summed E-state index contributed by atoms with van der Waals surface area (Å²) in [5.41, 5.74) is 2.89. The first-order chi connectivity index (χ1) is 14.2. The maximum atomic E-state index is 12.3. The van der Waals surface area contributed by atoms with Crippen molar-refractivity contribution in [2.24, 2.45) is 0 Å². The van der Waals surface area contributed by atoms with Gasteiger partial charge in [0.05, 0.1) is 18.5 Å². The van der Waals surface area contributed by atoms with E-state index < -0.39 is 10.0 Å². The minimum Gasteiger partial charge on any atom is -0.491 e. The van der Waals surface area contributed by atoms with Crippen molar-refractivity contribution in [3.8, 4) is 5.75 Å². The van der Waals surface area contributed by atoms with Gasteiger partial charge in [0, 0.05) is 17.9 Å². The molecule has 0 radical (unpaired) electrons. The minimum absolute atomic E-state index is 0.120. The van der Waals surface area contributed by atoms with E-state index >= 15 is 0 Å². The van der Waals surface area contributed by atoms with Gasteiger partial charge in [-0.15, -0.1) is 11.8 Å². The Labute approximate surface area is 184 Å². The van der Waals surface area contributed by atoms with E-state index in [-0.39, 0.29) is 18.9 Å². The van der Waals surface area contributed by atoms with Gasteiger partial charge in [-0.05, 0) is 50.3 Å². The molecule has 164 valence electrons. The zero-order valence-electron chi connectivity index (χ0n) is 18.0. The minimum atomic E-state index is -3.44. The summed E-state index contributed by atoms with van der Waals surface area (Å²) in [6.45, 7) is 5.05. The Morgan fingerprint density at radius 2 is 1.90 bits per heavy atom. The molecular formula is C22H30N2O4S2. The Hall–Kier alpha value is -2.19. The topological polar surface area (TPSA) is 75.7 Å². The molecule has 0 fully saturated rings. The summed E-state index contributed by atoms with van der Waals surface area (Å²) in [7, 11) is -3.44. The normalized spacial score (nSPS) is 11.2. The molecule has 30 heavy (non-hydrogen) atoms. The number of nitrogens with zero attached hydrogens (tertiary/aromatic N) is 1. The second-order valence-electron chi connectivity index (χ2n) is 7.08. The number of nitrogens with one attached hydrogen (secondary N) is 1. The average Bonchev–Trinajstić information content (AvgIpc) is 2.69. The molecule has 1 amide bonds. The van der Waals surface area contributed by atoms with E-state index in [9.17, 15) is 13.2 Å². The third-order valence-corrected chi connectivity index (χ3v) is 6.50. The van der Waals surface area contributed by atoms with Gasteiger partial charge in [0.2, 0.25) is 15.9 Å². The molecule has 0 spiro atoms. The van der Waals surface area contributed by atoms with Crippen molar-refractivity contribution >= 4 is 33.4 Å². The van der Waals surface area contributed by atoms with E-state index in [0.717, 1.165) is 16.2 Å². The number of aryl methyl sites for hydroxylation is 2. The lowest BCUT2D eigenvalue weighted by Crippen LogP contribution is -2.33. The van der Waals surface area contributed by atoms with Gasteiger partial charge in [-0.25, -0.2) is 8.42 Å². The van der Waals surface area contributed by atoms with Crippen molar-refractivity contribution in [2.45, 2.75) is 31.6 Å². The molecule has 0 aliphatic rings. The first kappa shape index (κ1) is 24.1. The Morgan fingerprint density at radius 3 is 2.57 bits per heavy atom. The highest BCUT2D eigenvalue weighted by atomic mass is 32.2. The highest BCUT2D eigenvalue weighted by molar-refractivity contribution is 7.99. The Bertz CT molecular complexity index is 961. The molecule has 0 unspecified atom stereocenters. The molecule has 1 N–H and O–H groups in total. The number of para-hydroxylation sites is 1. The van der Waals surface area contributed by atoms with Gasteiger partial charge in [-0.2, -0.15) is 0 Å².